The Hall–Kier alpha value is -0.570. The lowest BCUT2D eigenvalue weighted by Gasteiger charge is -2.29. The van der Waals surface area contributed by atoms with Crippen molar-refractivity contribution < 1.29 is 4.79 Å². The van der Waals surface area contributed by atoms with Crippen LogP contribution in [0.3, 0.4) is 0 Å². The maximum atomic E-state index is 12.1. The van der Waals surface area contributed by atoms with Crippen molar-refractivity contribution in [3.05, 3.63) is 0 Å². The second-order valence-electron chi connectivity index (χ2n) is 7.01. The van der Waals surface area contributed by atoms with E-state index in [-0.39, 0.29) is 17.5 Å². The molecule has 0 spiro atoms. The molecule has 0 aromatic heterocycles. The Labute approximate surface area is 119 Å². The van der Waals surface area contributed by atoms with Crippen LogP contribution in [0.5, 0.6) is 0 Å². The average Bonchev–Trinajstić information content (AvgIpc) is 2.27. The van der Waals surface area contributed by atoms with E-state index in [4.69, 9.17) is 0 Å². The van der Waals surface area contributed by atoms with Crippen LogP contribution in [0.2, 0.25) is 0 Å². The molecule has 0 aromatic carbocycles. The first-order valence-corrected chi connectivity index (χ1v) is 7.66. The molecule has 3 heteroatoms. The molecular formula is C16H34N2O. The first kappa shape index (κ1) is 18.4. The van der Waals surface area contributed by atoms with Crippen molar-refractivity contribution in [3.63, 3.8) is 0 Å². The van der Waals surface area contributed by atoms with Gasteiger partial charge in [0.15, 0.2) is 0 Å². The fourth-order valence-electron chi connectivity index (χ4n) is 2.18. The van der Waals surface area contributed by atoms with Gasteiger partial charge in [0.2, 0.25) is 5.91 Å². The minimum Gasteiger partial charge on any atom is -0.350 e. The van der Waals surface area contributed by atoms with Crippen LogP contribution in [-0.4, -0.2) is 24.0 Å². The second-order valence-corrected chi connectivity index (χ2v) is 7.01. The van der Waals surface area contributed by atoms with Crippen LogP contribution < -0.4 is 10.6 Å². The van der Waals surface area contributed by atoms with Crippen LogP contribution >= 0.6 is 0 Å². The quantitative estimate of drug-likeness (QED) is 0.711. The van der Waals surface area contributed by atoms with Crippen molar-refractivity contribution in [2.45, 2.75) is 73.4 Å². The predicted molar refractivity (Wildman–Crippen MR) is 83.1 cm³/mol. The highest BCUT2D eigenvalue weighted by Crippen LogP contribution is 2.19. The van der Waals surface area contributed by atoms with Gasteiger partial charge in [-0.1, -0.05) is 34.6 Å². The molecule has 3 nitrogen and oxygen atoms in total. The number of amides is 1. The third-order valence-electron chi connectivity index (χ3n) is 4.11. The third kappa shape index (κ3) is 6.95. The molecule has 0 fully saturated rings. The summed E-state index contributed by atoms with van der Waals surface area (Å²) in [6, 6.07) is -0.133. The molecular weight excluding hydrogens is 236 g/mol. The molecule has 0 heterocycles. The molecule has 0 saturated heterocycles. The monoisotopic (exact) mass is 270 g/mol. The summed E-state index contributed by atoms with van der Waals surface area (Å²) in [4.78, 5) is 12.1. The highest BCUT2D eigenvalue weighted by Gasteiger charge is 2.23. The molecule has 114 valence electrons. The number of nitrogens with one attached hydrogen (secondary N) is 2. The molecule has 0 aliphatic heterocycles. The zero-order chi connectivity index (χ0) is 15.2. The van der Waals surface area contributed by atoms with Crippen LogP contribution in [0.25, 0.3) is 0 Å². The maximum absolute atomic E-state index is 12.1. The topological polar surface area (TPSA) is 41.1 Å². The summed E-state index contributed by atoms with van der Waals surface area (Å²) in [7, 11) is 0. The fraction of sp³-hybridized carbons (Fsp3) is 0.938. The molecule has 0 radical (unpaired) electrons. The van der Waals surface area contributed by atoms with Gasteiger partial charge in [-0.2, -0.15) is 0 Å². The van der Waals surface area contributed by atoms with Gasteiger partial charge in [0.1, 0.15) is 0 Å². The lowest BCUT2D eigenvalue weighted by molar-refractivity contribution is -0.124. The summed E-state index contributed by atoms with van der Waals surface area (Å²) in [5.74, 6) is 1.97. The van der Waals surface area contributed by atoms with Crippen molar-refractivity contribution >= 4 is 5.91 Å². The Morgan fingerprint density at radius 3 is 1.89 bits per heavy atom. The fourth-order valence-corrected chi connectivity index (χ4v) is 2.18. The first-order valence-electron chi connectivity index (χ1n) is 7.66. The molecule has 0 bridgehead atoms. The van der Waals surface area contributed by atoms with Crippen LogP contribution in [0, 0.1) is 17.8 Å². The summed E-state index contributed by atoms with van der Waals surface area (Å²) >= 11 is 0. The molecule has 2 N–H and O–H groups in total. The number of rotatable bonds is 8. The molecule has 1 amide bonds. The Morgan fingerprint density at radius 2 is 1.53 bits per heavy atom. The summed E-state index contributed by atoms with van der Waals surface area (Å²) < 4.78 is 0. The van der Waals surface area contributed by atoms with Gasteiger partial charge in [0.25, 0.3) is 0 Å². The maximum Gasteiger partial charge on any atom is 0.237 e. The van der Waals surface area contributed by atoms with E-state index >= 15 is 0 Å². The molecule has 19 heavy (non-hydrogen) atoms. The minimum absolute atomic E-state index is 0.0955. The van der Waals surface area contributed by atoms with Crippen LogP contribution in [0.4, 0.5) is 0 Å². The molecule has 1 unspecified atom stereocenters. The molecule has 0 aliphatic rings. The zero-order valence-electron chi connectivity index (χ0n) is 14.1. The van der Waals surface area contributed by atoms with Gasteiger partial charge in [-0.3, -0.25) is 4.79 Å². The van der Waals surface area contributed by atoms with Crippen molar-refractivity contribution in [1.82, 2.24) is 10.6 Å². The minimum atomic E-state index is -0.133. The van der Waals surface area contributed by atoms with Gasteiger partial charge in [-0.25, -0.2) is 0 Å². The van der Waals surface area contributed by atoms with Crippen LogP contribution in [0.1, 0.15) is 61.8 Å². The van der Waals surface area contributed by atoms with Gasteiger partial charge in [-0.15, -0.1) is 0 Å². The van der Waals surface area contributed by atoms with E-state index in [0.717, 1.165) is 13.0 Å². The number of hydrogen-bond acceptors (Lipinski definition) is 2. The number of carbonyl (C=O) groups excluding carboxylic acids is 1. The van der Waals surface area contributed by atoms with E-state index in [0.29, 0.717) is 17.8 Å². The van der Waals surface area contributed by atoms with E-state index in [1.54, 1.807) is 0 Å². The standard InChI is InChI=1S/C16H34N2O/c1-9-16(7,8)18-15(19)13(6)17-10-14(11(2)3)12(4)5/h11-14,17H,9-10H2,1-8H3,(H,18,19). The Balaban J connectivity index is 4.30. The average molecular weight is 270 g/mol. The second kappa shape index (κ2) is 7.88. The largest absolute Gasteiger partial charge is 0.350 e. The smallest absolute Gasteiger partial charge is 0.237 e. The van der Waals surface area contributed by atoms with Crippen molar-refractivity contribution in [2.75, 3.05) is 6.54 Å². The number of carbonyl (C=O) groups is 1. The Kier molecular flexibility index (Phi) is 7.65. The lowest BCUT2D eigenvalue weighted by Crippen LogP contribution is -2.51. The normalized spacial score (nSPS) is 14.3. The van der Waals surface area contributed by atoms with E-state index in [9.17, 15) is 4.79 Å². The highest BCUT2D eigenvalue weighted by atomic mass is 16.2. The first-order chi connectivity index (χ1) is 8.60. The van der Waals surface area contributed by atoms with Gasteiger partial charge in [-0.05, 0) is 51.5 Å². The molecule has 0 aliphatic carbocycles. The molecule has 0 saturated carbocycles. The zero-order valence-corrected chi connectivity index (χ0v) is 14.1. The summed E-state index contributed by atoms with van der Waals surface area (Å²) in [6.07, 6.45) is 0.937. The van der Waals surface area contributed by atoms with E-state index in [1.807, 2.05) is 6.92 Å². The van der Waals surface area contributed by atoms with Crippen molar-refractivity contribution in [1.29, 1.82) is 0 Å². The number of hydrogen-bond donors (Lipinski definition) is 2. The summed E-state index contributed by atoms with van der Waals surface area (Å²) in [5.41, 5.74) is -0.122. The predicted octanol–water partition coefficient (Wildman–Crippen LogP) is 3.20. The van der Waals surface area contributed by atoms with E-state index in [1.165, 1.54) is 0 Å². The summed E-state index contributed by atoms with van der Waals surface area (Å²) in [5, 5.41) is 6.47. The molecule has 1 atom stereocenters. The van der Waals surface area contributed by atoms with Crippen LogP contribution in [0.15, 0.2) is 0 Å². The SMILES string of the molecule is CCC(C)(C)NC(=O)C(C)NCC(C(C)C)C(C)C. The summed E-state index contributed by atoms with van der Waals surface area (Å²) in [6.45, 7) is 18.0. The van der Waals surface area contributed by atoms with Gasteiger partial charge in [0.05, 0.1) is 6.04 Å². The van der Waals surface area contributed by atoms with Crippen molar-refractivity contribution in [2.24, 2.45) is 17.8 Å². The Morgan fingerprint density at radius 1 is 1.05 bits per heavy atom. The van der Waals surface area contributed by atoms with Gasteiger partial charge < -0.3 is 10.6 Å². The van der Waals surface area contributed by atoms with Gasteiger partial charge >= 0.3 is 0 Å². The molecule has 0 aromatic rings. The van der Waals surface area contributed by atoms with E-state index in [2.05, 4.69) is 59.1 Å². The van der Waals surface area contributed by atoms with Gasteiger partial charge in [0, 0.05) is 5.54 Å². The van der Waals surface area contributed by atoms with Crippen molar-refractivity contribution in [3.8, 4) is 0 Å². The van der Waals surface area contributed by atoms with Crippen LogP contribution in [-0.2, 0) is 4.79 Å². The molecule has 0 rings (SSSR count). The highest BCUT2D eigenvalue weighted by molar-refractivity contribution is 5.81. The Bertz CT molecular complexity index is 264. The lowest BCUT2D eigenvalue weighted by atomic mass is 9.85. The van der Waals surface area contributed by atoms with E-state index < -0.39 is 0 Å². The third-order valence-corrected chi connectivity index (χ3v) is 4.11.